The maximum atomic E-state index is 14.5. The summed E-state index contributed by atoms with van der Waals surface area (Å²) in [5.41, 5.74) is 7.90. The van der Waals surface area contributed by atoms with E-state index in [-0.39, 0.29) is 11.9 Å². The maximum absolute atomic E-state index is 14.5. The summed E-state index contributed by atoms with van der Waals surface area (Å²) < 4.78 is 16.1. The summed E-state index contributed by atoms with van der Waals surface area (Å²) in [5, 5.41) is 4.77. The number of aromatic nitrogens is 2. The molecular weight excluding hydrogens is 363 g/mol. The summed E-state index contributed by atoms with van der Waals surface area (Å²) >= 11 is 0. The first-order chi connectivity index (χ1) is 14.1. The summed E-state index contributed by atoms with van der Waals surface area (Å²) in [6.07, 6.45) is 5.14. The van der Waals surface area contributed by atoms with Gasteiger partial charge < -0.3 is 11.2 Å². The topological polar surface area (TPSA) is 55.9 Å². The lowest BCUT2D eigenvalue weighted by Crippen LogP contribution is -2.15. The largest absolute Gasteiger partial charge is 0.374 e. The molecule has 0 bridgehead atoms. The monoisotopic (exact) mass is 386 g/mol. The molecule has 1 atom stereocenters. The van der Waals surface area contributed by atoms with Gasteiger partial charge in [-0.05, 0) is 53.3 Å². The Labute approximate surface area is 169 Å². The second-order valence-electron chi connectivity index (χ2n) is 7.52. The molecule has 4 aromatic rings. The second kappa shape index (κ2) is 6.62. The van der Waals surface area contributed by atoms with Crippen LogP contribution >= 0.6 is 0 Å². The number of benzene rings is 2. The minimum absolute atomic E-state index is 0.134. The number of nitrogen functional groups attached to an aromatic ring is 1. The predicted octanol–water partition coefficient (Wildman–Crippen LogP) is 5.20. The predicted molar refractivity (Wildman–Crippen MR) is 116 cm³/mol. The number of nitrogens with one attached hydrogen (secondary N) is 1. The molecule has 0 fully saturated rings. The molecule has 2 aromatic heterocycles. The molecule has 146 valence electrons. The molecule has 2 aromatic carbocycles. The van der Waals surface area contributed by atoms with Gasteiger partial charge in [-0.1, -0.05) is 38.1 Å². The van der Waals surface area contributed by atoms with Gasteiger partial charge in [0.1, 0.15) is 5.82 Å². The second-order valence-corrected chi connectivity index (χ2v) is 7.52. The van der Waals surface area contributed by atoms with Crippen molar-refractivity contribution in [3.63, 3.8) is 0 Å². The number of pyridine rings is 1. The highest BCUT2D eigenvalue weighted by atomic mass is 19.1. The average molecular weight is 386 g/mol. The van der Waals surface area contributed by atoms with Gasteiger partial charge in [0.15, 0.2) is 5.65 Å². The van der Waals surface area contributed by atoms with Gasteiger partial charge in [-0.25, -0.2) is 9.37 Å². The van der Waals surface area contributed by atoms with Crippen LogP contribution in [0.4, 0.5) is 10.1 Å². The number of anilines is 1. The Balaban J connectivity index is 1.86. The van der Waals surface area contributed by atoms with E-state index >= 15 is 0 Å². The average Bonchev–Trinajstić information content (AvgIpc) is 3.01. The molecule has 3 heterocycles. The van der Waals surface area contributed by atoms with E-state index in [9.17, 15) is 4.39 Å². The molecule has 1 aliphatic rings. The van der Waals surface area contributed by atoms with Gasteiger partial charge in [-0.15, -0.1) is 0 Å². The van der Waals surface area contributed by atoms with Gasteiger partial charge in [0.25, 0.3) is 0 Å². The summed E-state index contributed by atoms with van der Waals surface area (Å²) in [5.74, 6) is 6.14. The Morgan fingerprint density at radius 1 is 1.03 bits per heavy atom. The molecular formula is C24H23FN4. The number of aryl methyl sites for hydroxylation is 2. The molecule has 1 aliphatic heterocycles. The smallest absolute Gasteiger partial charge is 0.159 e. The molecule has 3 N–H and O–H groups in total. The Hall–Kier alpha value is -3.34. The van der Waals surface area contributed by atoms with Crippen LogP contribution in [-0.4, -0.2) is 9.66 Å². The van der Waals surface area contributed by atoms with Crippen molar-refractivity contribution in [1.82, 2.24) is 9.66 Å². The highest BCUT2D eigenvalue weighted by molar-refractivity contribution is 6.01. The quantitative estimate of drug-likeness (QED) is 0.476. The Morgan fingerprint density at radius 2 is 1.83 bits per heavy atom. The van der Waals surface area contributed by atoms with Crippen LogP contribution < -0.4 is 11.2 Å². The number of halogens is 1. The van der Waals surface area contributed by atoms with Crippen LogP contribution in [0.25, 0.3) is 22.2 Å². The number of nitrogens with two attached hydrogens (primary N) is 1. The van der Waals surface area contributed by atoms with Gasteiger partial charge in [0.2, 0.25) is 0 Å². The summed E-state index contributed by atoms with van der Waals surface area (Å²) in [6.45, 7) is 4.05. The molecule has 5 heteroatoms. The van der Waals surface area contributed by atoms with E-state index in [0.29, 0.717) is 6.42 Å². The summed E-state index contributed by atoms with van der Waals surface area (Å²) in [6, 6.07) is 13.9. The third-order valence-electron chi connectivity index (χ3n) is 5.95. The lowest BCUT2D eigenvalue weighted by atomic mass is 9.90. The molecule has 1 unspecified atom stereocenters. The van der Waals surface area contributed by atoms with E-state index < -0.39 is 0 Å². The van der Waals surface area contributed by atoms with Gasteiger partial charge in [-0.3, -0.25) is 4.68 Å². The first-order valence-corrected chi connectivity index (χ1v) is 10.0. The van der Waals surface area contributed by atoms with Crippen molar-refractivity contribution < 1.29 is 4.39 Å². The van der Waals surface area contributed by atoms with Gasteiger partial charge >= 0.3 is 0 Å². The van der Waals surface area contributed by atoms with Crippen LogP contribution in [-0.2, 0) is 12.8 Å². The van der Waals surface area contributed by atoms with Crippen molar-refractivity contribution in [1.29, 1.82) is 0 Å². The number of rotatable bonds is 3. The molecule has 29 heavy (non-hydrogen) atoms. The third kappa shape index (κ3) is 2.61. The number of fused-ring (bicyclic) bond motifs is 2. The zero-order chi connectivity index (χ0) is 20.1. The Morgan fingerprint density at radius 3 is 2.62 bits per heavy atom. The lowest BCUT2D eigenvalue weighted by Gasteiger charge is -2.23. The molecule has 0 amide bonds. The van der Waals surface area contributed by atoms with Crippen LogP contribution in [0.2, 0.25) is 0 Å². The SMILES string of the molecule is CCc1cc(C2Nc3ccccc3-c3ccnc4c3c2cn4N)c(CC)cc1F. The van der Waals surface area contributed by atoms with Crippen molar-refractivity contribution in [3.8, 4) is 11.1 Å². The Bertz CT molecular complexity index is 1240. The van der Waals surface area contributed by atoms with Crippen LogP contribution in [0.15, 0.2) is 54.9 Å². The number of hydrogen-bond acceptors (Lipinski definition) is 3. The van der Waals surface area contributed by atoms with Gasteiger partial charge in [-0.2, -0.15) is 0 Å². The van der Waals surface area contributed by atoms with Crippen molar-refractivity contribution >= 4 is 16.7 Å². The van der Waals surface area contributed by atoms with Gasteiger partial charge in [0.05, 0.1) is 6.04 Å². The molecule has 0 saturated heterocycles. The number of hydrogen-bond donors (Lipinski definition) is 2. The van der Waals surface area contributed by atoms with E-state index in [0.717, 1.165) is 56.5 Å². The van der Waals surface area contributed by atoms with Gasteiger partial charge in [0, 0.05) is 34.6 Å². The highest BCUT2D eigenvalue weighted by Crippen LogP contribution is 2.44. The van der Waals surface area contributed by atoms with E-state index in [2.05, 4.69) is 29.4 Å². The normalized spacial score (nSPS) is 15.1. The molecule has 5 rings (SSSR count). The van der Waals surface area contributed by atoms with Crippen molar-refractivity contribution in [2.75, 3.05) is 11.2 Å². The molecule has 0 saturated carbocycles. The molecule has 0 aliphatic carbocycles. The summed E-state index contributed by atoms with van der Waals surface area (Å²) in [4.78, 5) is 4.53. The number of para-hydroxylation sites is 1. The van der Waals surface area contributed by atoms with E-state index in [1.807, 2.05) is 37.4 Å². The molecule has 0 radical (unpaired) electrons. The van der Waals surface area contributed by atoms with E-state index in [4.69, 9.17) is 5.84 Å². The van der Waals surface area contributed by atoms with Crippen molar-refractivity contribution in [2.45, 2.75) is 32.7 Å². The van der Waals surface area contributed by atoms with Crippen LogP contribution in [0.3, 0.4) is 0 Å². The lowest BCUT2D eigenvalue weighted by molar-refractivity contribution is 0.608. The highest BCUT2D eigenvalue weighted by Gasteiger charge is 2.28. The maximum Gasteiger partial charge on any atom is 0.159 e. The number of nitrogens with zero attached hydrogens (tertiary/aromatic N) is 2. The minimum Gasteiger partial charge on any atom is -0.374 e. The van der Waals surface area contributed by atoms with Crippen LogP contribution in [0.5, 0.6) is 0 Å². The minimum atomic E-state index is -0.144. The van der Waals surface area contributed by atoms with E-state index in [1.54, 1.807) is 16.9 Å². The first-order valence-electron chi connectivity index (χ1n) is 10.0. The van der Waals surface area contributed by atoms with E-state index in [1.165, 1.54) is 0 Å². The molecule has 4 nitrogen and oxygen atoms in total. The Kier molecular flexibility index (Phi) is 4.05. The fourth-order valence-electron chi connectivity index (χ4n) is 4.50. The fraction of sp³-hybridized carbons (Fsp3) is 0.208. The zero-order valence-electron chi connectivity index (χ0n) is 16.5. The van der Waals surface area contributed by atoms with Crippen molar-refractivity contribution in [2.24, 2.45) is 0 Å². The zero-order valence-corrected chi connectivity index (χ0v) is 16.5. The summed E-state index contributed by atoms with van der Waals surface area (Å²) in [7, 11) is 0. The standard InChI is InChI=1S/C24H23FN4/c1-3-14-12-20(25)15(4-2)11-18(14)23-19-13-29(26)24-22(19)17(9-10-27-24)16-7-5-6-8-21(16)28-23/h5-13,23,28H,3-4,26H2,1-2H3. The third-order valence-corrected chi connectivity index (χ3v) is 5.95. The van der Waals surface area contributed by atoms with Crippen LogP contribution in [0.1, 0.15) is 42.1 Å². The fourth-order valence-corrected chi connectivity index (χ4v) is 4.50. The van der Waals surface area contributed by atoms with Crippen molar-refractivity contribution in [3.05, 3.63) is 82.9 Å². The molecule has 0 spiro atoms. The first kappa shape index (κ1) is 17.7. The van der Waals surface area contributed by atoms with Crippen LogP contribution in [0, 0.1) is 5.82 Å².